The van der Waals surface area contributed by atoms with Crippen molar-refractivity contribution in [2.75, 3.05) is 20.6 Å². The molecule has 0 saturated heterocycles. The molecule has 20 heavy (non-hydrogen) atoms. The summed E-state index contributed by atoms with van der Waals surface area (Å²) in [5, 5.41) is 3.10. The number of nitrogens with zero attached hydrogens (tertiary/aromatic N) is 1. The second kappa shape index (κ2) is 6.58. The molecule has 0 aliphatic heterocycles. The van der Waals surface area contributed by atoms with Gasteiger partial charge < -0.3 is 10.2 Å². The molecule has 2 rings (SSSR count). The number of carbonyl (C=O) groups is 1. The summed E-state index contributed by atoms with van der Waals surface area (Å²) in [5.41, 5.74) is 0.803. The fourth-order valence-corrected chi connectivity index (χ4v) is 4.06. The zero-order valence-electron chi connectivity index (χ0n) is 11.9. The van der Waals surface area contributed by atoms with Crippen molar-refractivity contribution >= 4 is 37.8 Å². The van der Waals surface area contributed by atoms with E-state index in [4.69, 9.17) is 0 Å². The molecule has 1 aliphatic rings. The predicted molar refractivity (Wildman–Crippen MR) is 89.1 cm³/mol. The molecule has 1 N–H and O–H groups in total. The predicted octanol–water partition coefficient (Wildman–Crippen LogP) is 3.82. The van der Waals surface area contributed by atoms with Gasteiger partial charge >= 0.3 is 0 Å². The van der Waals surface area contributed by atoms with Crippen LogP contribution in [-0.4, -0.2) is 37.0 Å². The van der Waals surface area contributed by atoms with Crippen molar-refractivity contribution in [2.24, 2.45) is 0 Å². The van der Waals surface area contributed by atoms with Gasteiger partial charge in [-0.15, -0.1) is 0 Å². The van der Waals surface area contributed by atoms with Crippen LogP contribution >= 0.6 is 31.9 Å². The minimum absolute atomic E-state index is 0.0162. The van der Waals surface area contributed by atoms with Crippen LogP contribution in [0.1, 0.15) is 36.0 Å². The van der Waals surface area contributed by atoms with Gasteiger partial charge in [-0.3, -0.25) is 4.79 Å². The minimum Gasteiger partial charge on any atom is -0.350 e. The van der Waals surface area contributed by atoms with Crippen LogP contribution in [0.25, 0.3) is 0 Å². The Morgan fingerprint density at radius 3 is 2.50 bits per heavy atom. The molecule has 0 atom stereocenters. The highest BCUT2D eigenvalue weighted by molar-refractivity contribution is 9.11. The molecule has 1 saturated carbocycles. The van der Waals surface area contributed by atoms with Gasteiger partial charge in [0.15, 0.2) is 0 Å². The van der Waals surface area contributed by atoms with E-state index < -0.39 is 0 Å². The zero-order valence-corrected chi connectivity index (χ0v) is 15.1. The van der Waals surface area contributed by atoms with E-state index in [0.717, 1.165) is 21.8 Å². The van der Waals surface area contributed by atoms with Crippen LogP contribution in [0.2, 0.25) is 0 Å². The van der Waals surface area contributed by atoms with Crippen LogP contribution < -0.4 is 5.32 Å². The topological polar surface area (TPSA) is 32.3 Å². The monoisotopic (exact) mass is 402 g/mol. The number of amides is 1. The van der Waals surface area contributed by atoms with Gasteiger partial charge in [0, 0.05) is 21.0 Å². The Balaban J connectivity index is 2.04. The number of carbonyl (C=O) groups excluding carboxylic acids is 1. The van der Waals surface area contributed by atoms with Crippen molar-refractivity contribution in [3.63, 3.8) is 0 Å². The smallest absolute Gasteiger partial charge is 0.252 e. The number of benzene rings is 1. The maximum Gasteiger partial charge on any atom is 0.252 e. The molecule has 1 fully saturated rings. The lowest BCUT2D eigenvalue weighted by atomic mass is 9.96. The Hall–Kier alpha value is -0.390. The number of rotatable bonds is 4. The third-order valence-electron chi connectivity index (χ3n) is 4.24. The summed E-state index contributed by atoms with van der Waals surface area (Å²) in [6.07, 6.45) is 4.80. The third-order valence-corrected chi connectivity index (χ3v) is 5.39. The lowest BCUT2D eigenvalue weighted by Crippen LogP contribution is -2.50. The quantitative estimate of drug-likeness (QED) is 0.828. The Bertz CT molecular complexity index is 497. The van der Waals surface area contributed by atoms with Crippen molar-refractivity contribution in [1.29, 1.82) is 0 Å². The van der Waals surface area contributed by atoms with Crippen LogP contribution in [0.3, 0.4) is 0 Å². The van der Waals surface area contributed by atoms with E-state index in [9.17, 15) is 4.79 Å². The van der Waals surface area contributed by atoms with Gasteiger partial charge in [-0.05, 0) is 61.1 Å². The van der Waals surface area contributed by atoms with E-state index in [1.54, 1.807) is 0 Å². The molecule has 5 heteroatoms. The largest absolute Gasteiger partial charge is 0.350 e. The molecular formula is C15H20Br2N2O. The molecule has 1 aromatic carbocycles. The molecule has 110 valence electrons. The lowest BCUT2D eigenvalue weighted by Gasteiger charge is -2.36. The van der Waals surface area contributed by atoms with Crippen molar-refractivity contribution in [2.45, 2.75) is 31.2 Å². The summed E-state index contributed by atoms with van der Waals surface area (Å²) in [4.78, 5) is 14.6. The Labute approximate surface area is 137 Å². The summed E-state index contributed by atoms with van der Waals surface area (Å²) in [6, 6.07) is 5.61. The van der Waals surface area contributed by atoms with Gasteiger partial charge in [0.05, 0.1) is 5.56 Å². The number of nitrogens with one attached hydrogen (secondary N) is 1. The van der Waals surface area contributed by atoms with Crippen molar-refractivity contribution in [3.05, 3.63) is 32.7 Å². The van der Waals surface area contributed by atoms with Crippen LogP contribution in [0.4, 0.5) is 0 Å². The molecule has 0 bridgehead atoms. The highest BCUT2D eigenvalue weighted by Gasteiger charge is 2.36. The maximum absolute atomic E-state index is 12.3. The van der Waals surface area contributed by atoms with Crippen LogP contribution in [0.15, 0.2) is 27.1 Å². The summed E-state index contributed by atoms with van der Waals surface area (Å²) < 4.78 is 1.77. The number of likely N-dealkylation sites (N-methyl/N-ethyl adjacent to an activating group) is 1. The van der Waals surface area contributed by atoms with Crippen molar-refractivity contribution in [1.82, 2.24) is 10.2 Å². The van der Waals surface area contributed by atoms with E-state index >= 15 is 0 Å². The first-order valence-electron chi connectivity index (χ1n) is 6.85. The van der Waals surface area contributed by atoms with Crippen LogP contribution in [0.5, 0.6) is 0 Å². The van der Waals surface area contributed by atoms with E-state index in [1.165, 1.54) is 12.8 Å². The van der Waals surface area contributed by atoms with Gasteiger partial charge in [-0.25, -0.2) is 0 Å². The van der Waals surface area contributed by atoms with Gasteiger partial charge in [-0.2, -0.15) is 0 Å². The third kappa shape index (κ3) is 3.43. The van der Waals surface area contributed by atoms with Gasteiger partial charge in [0.1, 0.15) is 0 Å². The fourth-order valence-electron chi connectivity index (χ4n) is 2.83. The molecule has 1 aromatic rings. The average Bonchev–Trinajstić information content (AvgIpc) is 2.86. The first-order valence-corrected chi connectivity index (χ1v) is 8.44. The highest BCUT2D eigenvalue weighted by atomic mass is 79.9. The Morgan fingerprint density at radius 2 is 1.95 bits per heavy atom. The molecule has 1 amide bonds. The number of hydrogen-bond acceptors (Lipinski definition) is 2. The molecule has 1 aliphatic carbocycles. The maximum atomic E-state index is 12.3. The SMILES string of the molecule is CN(C)C1(CNC(=O)c2ccc(Br)cc2Br)CCCC1. The molecular weight excluding hydrogens is 384 g/mol. The van der Waals surface area contributed by atoms with Gasteiger partial charge in [0.2, 0.25) is 0 Å². The van der Waals surface area contributed by atoms with Crippen LogP contribution in [0, 0.1) is 0 Å². The number of hydrogen-bond donors (Lipinski definition) is 1. The Kier molecular flexibility index (Phi) is 5.26. The average molecular weight is 404 g/mol. The van der Waals surface area contributed by atoms with E-state index in [-0.39, 0.29) is 11.4 Å². The summed E-state index contributed by atoms with van der Waals surface area (Å²) in [7, 11) is 4.21. The van der Waals surface area contributed by atoms with Gasteiger partial charge in [0.25, 0.3) is 5.91 Å². The fraction of sp³-hybridized carbons (Fsp3) is 0.533. The molecule has 0 aromatic heterocycles. The number of halogens is 2. The van der Waals surface area contributed by atoms with Crippen molar-refractivity contribution in [3.8, 4) is 0 Å². The Morgan fingerprint density at radius 1 is 1.30 bits per heavy atom. The molecule has 0 spiro atoms. The first-order chi connectivity index (χ1) is 9.44. The van der Waals surface area contributed by atoms with E-state index in [0.29, 0.717) is 12.1 Å². The second-order valence-corrected chi connectivity index (χ2v) is 7.40. The molecule has 0 unspecified atom stereocenters. The second-order valence-electron chi connectivity index (χ2n) is 5.63. The standard InChI is InChI=1S/C15H20Br2N2O/c1-19(2)15(7-3-4-8-15)10-18-14(20)12-6-5-11(16)9-13(12)17/h5-6,9H,3-4,7-8,10H2,1-2H3,(H,18,20). The molecule has 0 radical (unpaired) electrons. The summed E-state index contributed by atoms with van der Waals surface area (Å²) in [5.74, 6) is -0.0162. The molecule has 3 nitrogen and oxygen atoms in total. The van der Waals surface area contributed by atoms with Gasteiger partial charge in [-0.1, -0.05) is 28.8 Å². The minimum atomic E-state index is -0.0162. The summed E-state index contributed by atoms with van der Waals surface area (Å²) in [6.45, 7) is 0.710. The van der Waals surface area contributed by atoms with E-state index in [2.05, 4.69) is 56.2 Å². The summed E-state index contributed by atoms with van der Waals surface area (Å²) >= 11 is 6.84. The highest BCUT2D eigenvalue weighted by Crippen LogP contribution is 2.33. The lowest BCUT2D eigenvalue weighted by molar-refractivity contribution is 0.0899. The normalized spacial score (nSPS) is 17.4. The van der Waals surface area contributed by atoms with Crippen LogP contribution in [-0.2, 0) is 0 Å². The first kappa shape index (κ1) is 16.0. The molecule has 0 heterocycles. The van der Waals surface area contributed by atoms with Crippen molar-refractivity contribution < 1.29 is 4.79 Å². The van der Waals surface area contributed by atoms with E-state index in [1.807, 2.05) is 18.2 Å². The zero-order chi connectivity index (χ0) is 14.8.